The van der Waals surface area contributed by atoms with Crippen LogP contribution in [0.3, 0.4) is 0 Å². The van der Waals surface area contributed by atoms with Crippen molar-refractivity contribution in [3.63, 3.8) is 0 Å². The van der Waals surface area contributed by atoms with Crippen LogP contribution in [0.5, 0.6) is 0 Å². The van der Waals surface area contributed by atoms with E-state index >= 15 is 0 Å². The zero-order valence-corrected chi connectivity index (χ0v) is 25.7. The van der Waals surface area contributed by atoms with E-state index in [1.807, 2.05) is 52.1 Å². The van der Waals surface area contributed by atoms with Gasteiger partial charge >= 0.3 is 5.97 Å². The van der Waals surface area contributed by atoms with E-state index in [0.717, 1.165) is 24.2 Å². The highest BCUT2D eigenvalue weighted by Gasteiger charge is 2.37. The predicted molar refractivity (Wildman–Crippen MR) is 157 cm³/mol. The molecule has 1 N–H and O–H groups in total. The predicted octanol–water partition coefficient (Wildman–Crippen LogP) is 4.28. The maximum atomic E-state index is 12.7. The zero-order valence-electron chi connectivity index (χ0n) is 25.7. The van der Waals surface area contributed by atoms with Gasteiger partial charge in [0.25, 0.3) is 0 Å². The third kappa shape index (κ3) is 6.50. The molecule has 2 atom stereocenters. The van der Waals surface area contributed by atoms with Gasteiger partial charge in [-0.05, 0) is 53.4 Å². The minimum atomic E-state index is -1.22. The van der Waals surface area contributed by atoms with Crippen molar-refractivity contribution in [3.05, 3.63) is 47.1 Å². The molecule has 0 aliphatic carbocycles. The summed E-state index contributed by atoms with van der Waals surface area (Å²) >= 11 is 0. The van der Waals surface area contributed by atoms with Crippen molar-refractivity contribution >= 4 is 17.4 Å². The van der Waals surface area contributed by atoms with Crippen LogP contribution in [0.1, 0.15) is 89.2 Å². The van der Waals surface area contributed by atoms with Crippen molar-refractivity contribution in [1.82, 2.24) is 29.6 Å². The summed E-state index contributed by atoms with van der Waals surface area (Å²) in [6.07, 6.45) is 5.99. The number of carboxylic acids is 1. The van der Waals surface area contributed by atoms with Gasteiger partial charge < -0.3 is 24.2 Å². The van der Waals surface area contributed by atoms with Crippen LogP contribution >= 0.6 is 0 Å². The Morgan fingerprint density at radius 3 is 2.57 bits per heavy atom. The molecule has 3 aliphatic heterocycles. The van der Waals surface area contributed by atoms with Crippen LogP contribution < -0.4 is 4.90 Å². The number of nitrogens with zero attached hydrogens (tertiary/aromatic N) is 7. The standard InChI is InChI=1S/C30H43N7O5/c1-19(2)25-22-18-36(34-32-22)17-21-16-23-31-20(3)24(26(28(38)39)42-29(4,5)6)27(37(23)33-21)35-12-10-30(7,11-13-35)41-15-9-8-14-40-25/h8-9,16,18-19,25-26H,10-15,17H2,1-7H3,(H,38,39)/b9-8-/t25?,26-/m0/s1. The Balaban J connectivity index is 1.63. The van der Waals surface area contributed by atoms with Gasteiger partial charge in [0.05, 0.1) is 48.4 Å². The van der Waals surface area contributed by atoms with Crippen LogP contribution in [-0.2, 0) is 25.5 Å². The lowest BCUT2D eigenvalue weighted by atomic mass is 9.92. The van der Waals surface area contributed by atoms with Crippen molar-refractivity contribution in [2.24, 2.45) is 5.92 Å². The Bertz CT molecular complexity index is 1450. The van der Waals surface area contributed by atoms with Crippen LogP contribution in [0, 0.1) is 12.8 Å². The molecule has 228 valence electrons. The van der Waals surface area contributed by atoms with Crippen LogP contribution in [-0.4, -0.2) is 78.2 Å². The van der Waals surface area contributed by atoms with Gasteiger partial charge in [-0.2, -0.15) is 9.61 Å². The van der Waals surface area contributed by atoms with Gasteiger partial charge in [0.1, 0.15) is 17.6 Å². The van der Waals surface area contributed by atoms with Crippen LogP contribution in [0.15, 0.2) is 24.4 Å². The van der Waals surface area contributed by atoms with E-state index < -0.39 is 17.7 Å². The molecule has 1 fully saturated rings. The topological polar surface area (TPSA) is 129 Å². The molecule has 0 saturated carbocycles. The third-order valence-corrected chi connectivity index (χ3v) is 7.78. The summed E-state index contributed by atoms with van der Waals surface area (Å²) in [7, 11) is 0. The van der Waals surface area contributed by atoms with Crippen LogP contribution in [0.2, 0.25) is 0 Å². The first kappa shape index (κ1) is 30.1. The van der Waals surface area contributed by atoms with E-state index in [1.165, 1.54) is 0 Å². The van der Waals surface area contributed by atoms with E-state index in [-0.39, 0.29) is 17.6 Å². The smallest absolute Gasteiger partial charge is 0.337 e. The second-order valence-corrected chi connectivity index (χ2v) is 12.8. The Hall–Kier alpha value is -3.35. The molecule has 0 amide bonds. The minimum absolute atomic E-state index is 0.206. The molecule has 3 aliphatic rings. The number of piperidine rings is 1. The largest absolute Gasteiger partial charge is 0.479 e. The van der Waals surface area contributed by atoms with Crippen molar-refractivity contribution in [2.75, 3.05) is 31.2 Å². The SMILES string of the molecule is Cc1nc2cc3nn2c(c1[C@H](OC(C)(C)C)C(=O)O)N1CCC(C)(CC1)OC/C=C\COC(C(C)C)c1cn(nn1)C3. The number of carboxylic acid groups (broad SMARTS) is 1. The maximum Gasteiger partial charge on any atom is 0.337 e. The van der Waals surface area contributed by atoms with Crippen molar-refractivity contribution in [3.8, 4) is 0 Å². The maximum absolute atomic E-state index is 12.7. The fourth-order valence-corrected chi connectivity index (χ4v) is 5.62. The fourth-order valence-electron chi connectivity index (χ4n) is 5.62. The molecule has 6 rings (SSSR count). The number of aryl methyl sites for hydroxylation is 1. The molecule has 0 radical (unpaired) electrons. The zero-order chi connectivity index (χ0) is 30.2. The van der Waals surface area contributed by atoms with Crippen molar-refractivity contribution in [2.45, 2.75) is 91.3 Å². The Kier molecular flexibility index (Phi) is 8.41. The number of rotatable bonds is 4. The normalized spacial score (nSPS) is 23.6. The summed E-state index contributed by atoms with van der Waals surface area (Å²) in [5.74, 6) is -0.173. The average molecular weight is 582 g/mol. The van der Waals surface area contributed by atoms with Crippen LogP contribution in [0.4, 0.5) is 5.82 Å². The molecular weight excluding hydrogens is 538 g/mol. The number of ether oxygens (including phenoxy) is 3. The number of hydrogen-bond donors (Lipinski definition) is 1. The lowest BCUT2D eigenvalue weighted by Crippen LogP contribution is -2.45. The highest BCUT2D eigenvalue weighted by Crippen LogP contribution is 2.37. The second-order valence-electron chi connectivity index (χ2n) is 12.8. The molecule has 42 heavy (non-hydrogen) atoms. The molecular formula is C30H43N7O5. The number of hydrogen-bond acceptors (Lipinski definition) is 9. The van der Waals surface area contributed by atoms with E-state index in [2.05, 4.69) is 36.0 Å². The third-order valence-electron chi connectivity index (χ3n) is 7.78. The Morgan fingerprint density at radius 1 is 1.19 bits per heavy atom. The summed E-state index contributed by atoms with van der Waals surface area (Å²) in [5.41, 5.74) is 2.23. The number of carbonyl (C=O) groups is 1. The highest BCUT2D eigenvalue weighted by molar-refractivity contribution is 5.78. The molecule has 1 saturated heterocycles. The van der Waals surface area contributed by atoms with Gasteiger partial charge in [-0.25, -0.2) is 14.5 Å². The first-order valence-corrected chi connectivity index (χ1v) is 14.7. The molecule has 6 heterocycles. The van der Waals surface area contributed by atoms with E-state index in [4.69, 9.17) is 24.3 Å². The van der Waals surface area contributed by atoms with Crippen molar-refractivity contribution < 1.29 is 24.1 Å². The monoisotopic (exact) mass is 581 g/mol. The van der Waals surface area contributed by atoms with Gasteiger partial charge in [0.2, 0.25) is 0 Å². The molecule has 12 nitrogen and oxygen atoms in total. The molecule has 12 heteroatoms. The molecule has 6 bridgehead atoms. The quantitative estimate of drug-likeness (QED) is 0.446. The highest BCUT2D eigenvalue weighted by atomic mass is 16.5. The van der Waals surface area contributed by atoms with Gasteiger partial charge in [-0.1, -0.05) is 31.2 Å². The average Bonchev–Trinajstić information content (AvgIpc) is 3.52. The fraction of sp³-hybridized carbons (Fsp3) is 0.633. The van der Waals surface area contributed by atoms with Gasteiger partial charge in [0, 0.05) is 24.8 Å². The second kappa shape index (κ2) is 11.7. The molecule has 0 spiro atoms. The first-order chi connectivity index (χ1) is 19.8. The molecule has 3 aromatic heterocycles. The van der Waals surface area contributed by atoms with Crippen LogP contribution in [0.25, 0.3) is 5.65 Å². The van der Waals surface area contributed by atoms with Crippen molar-refractivity contribution in [1.29, 1.82) is 0 Å². The number of fused-ring (bicyclic) bond motifs is 7. The molecule has 3 aromatic rings. The number of aromatic nitrogens is 6. The number of anilines is 1. The summed E-state index contributed by atoms with van der Waals surface area (Å²) in [4.78, 5) is 19.7. The van der Waals surface area contributed by atoms with E-state index in [1.54, 1.807) is 9.20 Å². The summed E-state index contributed by atoms with van der Waals surface area (Å²) in [5, 5.41) is 24.0. The van der Waals surface area contributed by atoms with Gasteiger partial charge in [0.15, 0.2) is 11.8 Å². The first-order valence-electron chi connectivity index (χ1n) is 14.7. The Labute approximate surface area is 246 Å². The van der Waals surface area contributed by atoms with Gasteiger partial charge in [-0.3, -0.25) is 0 Å². The lowest BCUT2D eigenvalue weighted by molar-refractivity contribution is -0.160. The number of aliphatic carboxylic acids is 1. The lowest BCUT2D eigenvalue weighted by Gasteiger charge is -2.41. The minimum Gasteiger partial charge on any atom is -0.479 e. The summed E-state index contributed by atoms with van der Waals surface area (Å²) in [6, 6.07) is 1.92. The summed E-state index contributed by atoms with van der Waals surface area (Å²) < 4.78 is 22.1. The molecule has 0 aromatic carbocycles. The summed E-state index contributed by atoms with van der Waals surface area (Å²) in [6.45, 7) is 16.4. The molecule has 1 unspecified atom stereocenters. The van der Waals surface area contributed by atoms with E-state index in [9.17, 15) is 9.90 Å². The van der Waals surface area contributed by atoms with Gasteiger partial charge in [-0.15, -0.1) is 5.10 Å². The van der Waals surface area contributed by atoms with E-state index in [0.29, 0.717) is 55.6 Å². The Morgan fingerprint density at radius 2 is 1.90 bits per heavy atom.